The molecule has 0 saturated heterocycles. The van der Waals surface area contributed by atoms with Crippen LogP contribution in [-0.4, -0.2) is 17.0 Å². The van der Waals surface area contributed by atoms with Crippen molar-refractivity contribution < 1.29 is 14.7 Å². The molecule has 0 aromatic heterocycles. The van der Waals surface area contributed by atoms with Crippen LogP contribution in [0.3, 0.4) is 0 Å². The zero-order chi connectivity index (χ0) is 17.5. The van der Waals surface area contributed by atoms with Crippen molar-refractivity contribution in [1.29, 1.82) is 0 Å². The molecule has 2 aromatic carbocycles. The number of anilines is 1. The molecule has 0 aliphatic carbocycles. The third-order valence-electron chi connectivity index (χ3n) is 2.91. The minimum atomic E-state index is -1.34. The maximum Gasteiger partial charge on any atom is 0.250 e. The monoisotopic (exact) mass is 359 g/mol. The number of hydrogen-bond acceptors (Lipinski definition) is 4. The van der Waals surface area contributed by atoms with Crippen molar-refractivity contribution in [2.45, 2.75) is 0 Å². The Balaban J connectivity index is 1.98. The molecule has 0 aliphatic heterocycles. The number of nitrogens with one attached hydrogen (secondary N) is 2. The molecule has 2 N–H and O–H groups in total. The first-order chi connectivity index (χ1) is 11.5. The Morgan fingerprint density at radius 2 is 1.83 bits per heavy atom. The Kier molecular flexibility index (Phi) is 6.06. The number of carbonyl (C=O) groups is 2. The van der Waals surface area contributed by atoms with E-state index in [-0.39, 0.29) is 21.4 Å². The molecule has 0 bridgehead atoms. The highest BCUT2D eigenvalue weighted by molar-refractivity contribution is 7.80. The van der Waals surface area contributed by atoms with Gasteiger partial charge in [-0.2, -0.15) is 0 Å². The molecule has 0 aliphatic rings. The van der Waals surface area contributed by atoms with Crippen LogP contribution in [0.4, 0.5) is 5.69 Å². The molecule has 0 spiro atoms. The summed E-state index contributed by atoms with van der Waals surface area (Å²) in [6.45, 7) is 0. The number of amides is 1. The zero-order valence-electron chi connectivity index (χ0n) is 12.3. The summed E-state index contributed by atoms with van der Waals surface area (Å²) in [5, 5.41) is 16.2. The average molecular weight is 360 g/mol. The Labute approximate surface area is 149 Å². The van der Waals surface area contributed by atoms with Crippen LogP contribution in [0, 0.1) is 0 Å². The van der Waals surface area contributed by atoms with Gasteiger partial charge in [-0.3, -0.25) is 10.1 Å². The molecular formula is C17H12ClN2O3S-. The number of carboxylic acid groups (broad SMARTS) is 1. The number of aromatic carboxylic acids is 1. The van der Waals surface area contributed by atoms with E-state index in [0.29, 0.717) is 0 Å². The quantitative estimate of drug-likeness (QED) is 0.646. The minimum absolute atomic E-state index is 0.00453. The van der Waals surface area contributed by atoms with Crippen molar-refractivity contribution in [2.24, 2.45) is 0 Å². The topological polar surface area (TPSA) is 81.3 Å². The summed E-state index contributed by atoms with van der Waals surface area (Å²) in [6, 6.07) is 13.3. The van der Waals surface area contributed by atoms with Gasteiger partial charge < -0.3 is 15.2 Å². The molecule has 0 unspecified atom stereocenters. The van der Waals surface area contributed by atoms with E-state index in [1.165, 1.54) is 24.3 Å². The second kappa shape index (κ2) is 8.24. The Hall–Kier alpha value is -2.70. The van der Waals surface area contributed by atoms with Crippen LogP contribution in [0.15, 0.2) is 54.6 Å². The lowest BCUT2D eigenvalue weighted by atomic mass is 10.2. The van der Waals surface area contributed by atoms with Gasteiger partial charge in [0.25, 0.3) is 0 Å². The van der Waals surface area contributed by atoms with E-state index in [1.807, 2.05) is 30.3 Å². The van der Waals surface area contributed by atoms with Gasteiger partial charge in [-0.25, -0.2) is 0 Å². The van der Waals surface area contributed by atoms with Crippen LogP contribution in [-0.2, 0) is 4.79 Å². The molecule has 0 heterocycles. The standard InChI is InChI=1S/C17H13ClN2O3S/c18-13-8-7-12(16(22)23)10-14(13)19-17(24)20-15(21)9-6-11-4-2-1-3-5-11/h1-10H,(H,22,23)(H2,19,20,21,24)/p-1/b9-6+. The average Bonchev–Trinajstić information content (AvgIpc) is 2.55. The lowest BCUT2D eigenvalue weighted by Gasteiger charge is -2.12. The molecule has 24 heavy (non-hydrogen) atoms. The van der Waals surface area contributed by atoms with Crippen LogP contribution in [0.5, 0.6) is 0 Å². The van der Waals surface area contributed by atoms with Crippen LogP contribution in [0.25, 0.3) is 6.08 Å². The molecule has 2 aromatic rings. The number of carbonyl (C=O) groups excluding carboxylic acids is 2. The molecule has 5 nitrogen and oxygen atoms in total. The van der Waals surface area contributed by atoms with Crippen molar-refractivity contribution in [3.63, 3.8) is 0 Å². The highest BCUT2D eigenvalue weighted by atomic mass is 35.5. The fraction of sp³-hybridized carbons (Fsp3) is 0. The van der Waals surface area contributed by atoms with Gasteiger partial charge >= 0.3 is 0 Å². The lowest BCUT2D eigenvalue weighted by molar-refractivity contribution is -0.255. The first-order valence-corrected chi connectivity index (χ1v) is 7.60. The van der Waals surface area contributed by atoms with E-state index in [4.69, 9.17) is 23.8 Å². The fourth-order valence-electron chi connectivity index (χ4n) is 1.79. The first kappa shape index (κ1) is 17.7. The summed E-state index contributed by atoms with van der Waals surface area (Å²) in [5.74, 6) is -1.76. The van der Waals surface area contributed by atoms with Gasteiger partial charge in [0.15, 0.2) is 5.11 Å². The molecule has 122 valence electrons. The van der Waals surface area contributed by atoms with Gasteiger partial charge in [0.2, 0.25) is 5.91 Å². The molecule has 0 saturated carbocycles. The van der Waals surface area contributed by atoms with Crippen molar-refractivity contribution >= 4 is 52.6 Å². The van der Waals surface area contributed by atoms with E-state index < -0.39 is 11.9 Å². The number of carboxylic acids is 1. The number of rotatable bonds is 4. The second-order valence-corrected chi connectivity index (χ2v) is 5.48. The van der Waals surface area contributed by atoms with E-state index in [1.54, 1.807) is 6.08 Å². The highest BCUT2D eigenvalue weighted by Gasteiger charge is 2.06. The SMILES string of the molecule is O=C(/C=C/c1ccccc1)NC(=S)Nc1cc(C(=O)[O-])ccc1Cl. The van der Waals surface area contributed by atoms with Crippen LogP contribution in [0.2, 0.25) is 5.02 Å². The summed E-state index contributed by atoms with van der Waals surface area (Å²) >= 11 is 11.0. The van der Waals surface area contributed by atoms with E-state index in [2.05, 4.69) is 10.6 Å². The maximum atomic E-state index is 11.8. The van der Waals surface area contributed by atoms with E-state index >= 15 is 0 Å². The zero-order valence-corrected chi connectivity index (χ0v) is 13.9. The van der Waals surface area contributed by atoms with Crippen molar-refractivity contribution in [3.05, 3.63) is 70.8 Å². The van der Waals surface area contributed by atoms with E-state index in [9.17, 15) is 14.7 Å². The third kappa shape index (κ3) is 5.19. The molecule has 0 radical (unpaired) electrons. The summed E-state index contributed by atoms with van der Waals surface area (Å²) in [6.07, 6.45) is 2.98. The normalized spacial score (nSPS) is 10.4. The summed E-state index contributed by atoms with van der Waals surface area (Å²) < 4.78 is 0. The number of thiocarbonyl (C=S) groups is 1. The number of hydrogen-bond donors (Lipinski definition) is 2. The Morgan fingerprint density at radius 3 is 2.50 bits per heavy atom. The van der Waals surface area contributed by atoms with Crippen LogP contribution in [0.1, 0.15) is 15.9 Å². The van der Waals surface area contributed by atoms with Crippen molar-refractivity contribution in [2.75, 3.05) is 5.32 Å². The van der Waals surface area contributed by atoms with Gasteiger partial charge in [0, 0.05) is 6.08 Å². The molecule has 2 rings (SSSR count). The summed E-state index contributed by atoms with van der Waals surface area (Å²) in [7, 11) is 0. The molecule has 0 atom stereocenters. The summed E-state index contributed by atoms with van der Waals surface area (Å²) in [4.78, 5) is 22.7. The van der Waals surface area contributed by atoms with Gasteiger partial charge in [-0.1, -0.05) is 48.0 Å². The predicted octanol–water partition coefficient (Wildman–Crippen LogP) is 2.23. The second-order valence-electron chi connectivity index (χ2n) is 4.67. The van der Waals surface area contributed by atoms with Crippen molar-refractivity contribution in [3.8, 4) is 0 Å². The van der Waals surface area contributed by atoms with Crippen molar-refractivity contribution in [1.82, 2.24) is 5.32 Å². The molecule has 0 fully saturated rings. The number of halogens is 1. The fourth-order valence-corrected chi connectivity index (χ4v) is 2.17. The molecule has 7 heteroatoms. The minimum Gasteiger partial charge on any atom is -0.545 e. The summed E-state index contributed by atoms with van der Waals surface area (Å²) in [5.41, 5.74) is 1.08. The lowest BCUT2D eigenvalue weighted by Crippen LogP contribution is -2.33. The van der Waals surface area contributed by atoms with Crippen LogP contribution >= 0.6 is 23.8 Å². The molecule has 1 amide bonds. The first-order valence-electron chi connectivity index (χ1n) is 6.81. The van der Waals surface area contributed by atoms with Gasteiger partial charge in [0.05, 0.1) is 16.7 Å². The van der Waals surface area contributed by atoms with Gasteiger partial charge in [-0.15, -0.1) is 0 Å². The smallest absolute Gasteiger partial charge is 0.250 e. The van der Waals surface area contributed by atoms with Gasteiger partial charge in [0.1, 0.15) is 0 Å². The van der Waals surface area contributed by atoms with Gasteiger partial charge in [-0.05, 0) is 41.6 Å². The maximum absolute atomic E-state index is 11.8. The Morgan fingerprint density at radius 1 is 1.12 bits per heavy atom. The highest BCUT2D eigenvalue weighted by Crippen LogP contribution is 2.22. The third-order valence-corrected chi connectivity index (χ3v) is 3.45. The number of benzene rings is 2. The van der Waals surface area contributed by atoms with Crippen LogP contribution < -0.4 is 15.7 Å². The Bertz CT molecular complexity index is 807. The predicted molar refractivity (Wildman–Crippen MR) is 95.6 cm³/mol. The molecular weight excluding hydrogens is 348 g/mol. The largest absolute Gasteiger partial charge is 0.545 e. The van der Waals surface area contributed by atoms with E-state index in [0.717, 1.165) is 5.56 Å².